The molecule has 0 saturated carbocycles. The Morgan fingerprint density at radius 1 is 1.42 bits per heavy atom. The van der Waals surface area contributed by atoms with Gasteiger partial charge >= 0.3 is 6.03 Å². The number of imide groups is 1. The molecule has 1 rings (SSSR count). The fourth-order valence-corrected chi connectivity index (χ4v) is 2.37. The Kier molecular flexibility index (Phi) is 7.43. The van der Waals surface area contributed by atoms with Crippen LogP contribution in [-0.4, -0.2) is 54.7 Å². The predicted octanol–water partition coefficient (Wildman–Crippen LogP) is 0.317. The topological polar surface area (TPSA) is 81.7 Å². The Morgan fingerprint density at radius 2 is 2.21 bits per heavy atom. The fraction of sp³-hybridized carbons (Fsp3) is 0.846. The summed E-state index contributed by atoms with van der Waals surface area (Å²) < 4.78 is 0. The zero-order chi connectivity index (χ0) is 14.1. The third-order valence-electron chi connectivity index (χ3n) is 3.30. The van der Waals surface area contributed by atoms with E-state index >= 15 is 0 Å². The number of hydrogen-bond donors (Lipinski definition) is 3. The molecule has 0 aromatic rings. The average molecular weight is 271 g/mol. The molecule has 0 spiro atoms. The summed E-state index contributed by atoms with van der Waals surface area (Å²) in [5.41, 5.74) is 0. The van der Waals surface area contributed by atoms with Crippen molar-refractivity contribution in [1.82, 2.24) is 15.5 Å². The van der Waals surface area contributed by atoms with E-state index in [2.05, 4.69) is 10.6 Å². The Morgan fingerprint density at radius 3 is 2.89 bits per heavy atom. The summed E-state index contributed by atoms with van der Waals surface area (Å²) in [5, 5.41) is 13.9. The maximum atomic E-state index is 11.7. The third kappa shape index (κ3) is 6.54. The van der Waals surface area contributed by atoms with Gasteiger partial charge in [-0.2, -0.15) is 0 Å². The van der Waals surface area contributed by atoms with Gasteiger partial charge in [0, 0.05) is 19.7 Å². The summed E-state index contributed by atoms with van der Waals surface area (Å²) in [5.74, 6) is 0.193. The molecule has 1 aliphatic rings. The van der Waals surface area contributed by atoms with Crippen LogP contribution in [0.2, 0.25) is 0 Å². The van der Waals surface area contributed by atoms with Crippen molar-refractivity contribution in [1.29, 1.82) is 0 Å². The highest BCUT2D eigenvalue weighted by Crippen LogP contribution is 2.18. The van der Waals surface area contributed by atoms with Gasteiger partial charge in [0.1, 0.15) is 0 Å². The van der Waals surface area contributed by atoms with E-state index in [1.54, 1.807) is 0 Å². The number of piperidine rings is 1. The van der Waals surface area contributed by atoms with Crippen LogP contribution >= 0.6 is 0 Å². The highest BCUT2D eigenvalue weighted by molar-refractivity contribution is 5.95. The molecule has 1 aliphatic heterocycles. The van der Waals surface area contributed by atoms with Crippen molar-refractivity contribution in [3.05, 3.63) is 0 Å². The predicted molar refractivity (Wildman–Crippen MR) is 72.7 cm³/mol. The van der Waals surface area contributed by atoms with Gasteiger partial charge in [0.2, 0.25) is 5.91 Å². The maximum absolute atomic E-state index is 11.7. The van der Waals surface area contributed by atoms with Gasteiger partial charge in [0.15, 0.2) is 0 Å². The largest absolute Gasteiger partial charge is 0.396 e. The third-order valence-corrected chi connectivity index (χ3v) is 3.30. The number of hydrogen-bond acceptors (Lipinski definition) is 4. The monoisotopic (exact) mass is 271 g/mol. The first-order chi connectivity index (χ1) is 9.15. The van der Waals surface area contributed by atoms with Crippen LogP contribution in [0.15, 0.2) is 0 Å². The standard InChI is InChI=1S/C13H25N3O3/c1-2-6-14-13(19)15-12(18)10-16-7-3-4-11(9-16)5-8-17/h11,17H,2-10H2,1H3,(H2,14,15,18,19). The van der Waals surface area contributed by atoms with Crippen LogP contribution < -0.4 is 10.6 Å². The van der Waals surface area contributed by atoms with Crippen molar-refractivity contribution in [3.63, 3.8) is 0 Å². The molecule has 3 N–H and O–H groups in total. The fourth-order valence-electron chi connectivity index (χ4n) is 2.37. The van der Waals surface area contributed by atoms with Crippen LogP contribution in [0.3, 0.4) is 0 Å². The number of carbonyl (C=O) groups excluding carboxylic acids is 2. The van der Waals surface area contributed by atoms with E-state index in [0.29, 0.717) is 12.5 Å². The molecule has 1 saturated heterocycles. The smallest absolute Gasteiger partial charge is 0.321 e. The number of nitrogens with zero attached hydrogens (tertiary/aromatic N) is 1. The van der Waals surface area contributed by atoms with Crippen molar-refractivity contribution < 1.29 is 14.7 Å². The minimum atomic E-state index is -0.421. The lowest BCUT2D eigenvalue weighted by Crippen LogP contribution is -2.47. The first-order valence-corrected chi connectivity index (χ1v) is 7.06. The van der Waals surface area contributed by atoms with Gasteiger partial charge in [-0.3, -0.25) is 15.0 Å². The molecule has 3 amide bonds. The van der Waals surface area contributed by atoms with Gasteiger partial charge in [-0.15, -0.1) is 0 Å². The quantitative estimate of drug-likeness (QED) is 0.649. The number of rotatable bonds is 6. The van der Waals surface area contributed by atoms with E-state index in [9.17, 15) is 9.59 Å². The van der Waals surface area contributed by atoms with E-state index in [1.807, 2.05) is 11.8 Å². The molecule has 6 nitrogen and oxygen atoms in total. The Hall–Kier alpha value is -1.14. The molecule has 0 aliphatic carbocycles. The average Bonchev–Trinajstić information content (AvgIpc) is 2.37. The van der Waals surface area contributed by atoms with Crippen molar-refractivity contribution in [2.24, 2.45) is 5.92 Å². The highest BCUT2D eigenvalue weighted by Gasteiger charge is 2.21. The van der Waals surface area contributed by atoms with Crippen molar-refractivity contribution in [2.45, 2.75) is 32.6 Å². The molecule has 0 radical (unpaired) electrons. The molecule has 6 heteroatoms. The summed E-state index contributed by atoms with van der Waals surface area (Å²) in [6.45, 7) is 4.68. The Bertz CT molecular complexity index is 295. The normalized spacial score (nSPS) is 20.0. The Balaban J connectivity index is 2.25. The van der Waals surface area contributed by atoms with Crippen LogP contribution in [0.1, 0.15) is 32.6 Å². The number of carbonyl (C=O) groups is 2. The van der Waals surface area contributed by atoms with Crippen LogP contribution in [0.25, 0.3) is 0 Å². The van der Waals surface area contributed by atoms with E-state index in [0.717, 1.165) is 38.8 Å². The molecule has 110 valence electrons. The molecule has 1 heterocycles. The zero-order valence-electron chi connectivity index (χ0n) is 11.7. The summed E-state index contributed by atoms with van der Waals surface area (Å²) in [4.78, 5) is 25.1. The summed E-state index contributed by atoms with van der Waals surface area (Å²) in [6.07, 6.45) is 3.78. The van der Waals surface area contributed by atoms with E-state index in [4.69, 9.17) is 5.11 Å². The minimum Gasteiger partial charge on any atom is -0.396 e. The Labute approximate surface area is 114 Å². The number of likely N-dealkylation sites (tertiary alicyclic amines) is 1. The first kappa shape index (κ1) is 15.9. The van der Waals surface area contributed by atoms with Gasteiger partial charge in [0.05, 0.1) is 6.54 Å². The van der Waals surface area contributed by atoms with Crippen molar-refractivity contribution >= 4 is 11.9 Å². The maximum Gasteiger partial charge on any atom is 0.321 e. The molecule has 1 atom stereocenters. The first-order valence-electron chi connectivity index (χ1n) is 7.06. The van der Waals surface area contributed by atoms with E-state index in [1.165, 1.54) is 0 Å². The second-order valence-electron chi connectivity index (χ2n) is 5.06. The molecule has 1 unspecified atom stereocenters. The lowest BCUT2D eigenvalue weighted by molar-refractivity contribution is -0.121. The van der Waals surface area contributed by atoms with E-state index in [-0.39, 0.29) is 19.1 Å². The number of nitrogens with one attached hydrogen (secondary N) is 2. The molecule has 19 heavy (non-hydrogen) atoms. The second kappa shape index (κ2) is 8.87. The number of urea groups is 1. The number of aliphatic hydroxyl groups is 1. The van der Waals surface area contributed by atoms with Crippen LogP contribution in [0.5, 0.6) is 0 Å². The van der Waals surface area contributed by atoms with Crippen LogP contribution in [0.4, 0.5) is 4.79 Å². The van der Waals surface area contributed by atoms with Gasteiger partial charge in [0.25, 0.3) is 0 Å². The molecule has 0 aromatic heterocycles. The highest BCUT2D eigenvalue weighted by atomic mass is 16.3. The molecular formula is C13H25N3O3. The molecular weight excluding hydrogens is 246 g/mol. The van der Waals surface area contributed by atoms with Gasteiger partial charge < -0.3 is 10.4 Å². The lowest BCUT2D eigenvalue weighted by atomic mass is 9.95. The number of aliphatic hydroxyl groups excluding tert-OH is 1. The van der Waals surface area contributed by atoms with Gasteiger partial charge in [-0.05, 0) is 38.1 Å². The lowest BCUT2D eigenvalue weighted by Gasteiger charge is -2.31. The summed E-state index contributed by atoms with van der Waals surface area (Å²) in [7, 11) is 0. The van der Waals surface area contributed by atoms with E-state index < -0.39 is 6.03 Å². The van der Waals surface area contributed by atoms with Crippen LogP contribution in [0, 0.1) is 5.92 Å². The summed E-state index contributed by atoms with van der Waals surface area (Å²) in [6, 6.07) is -0.421. The van der Waals surface area contributed by atoms with Gasteiger partial charge in [-0.25, -0.2) is 4.79 Å². The summed E-state index contributed by atoms with van der Waals surface area (Å²) >= 11 is 0. The van der Waals surface area contributed by atoms with Crippen molar-refractivity contribution in [2.75, 3.05) is 32.8 Å². The minimum absolute atomic E-state index is 0.199. The second-order valence-corrected chi connectivity index (χ2v) is 5.06. The SMILES string of the molecule is CCCNC(=O)NC(=O)CN1CCCC(CCO)C1. The molecule has 0 aromatic carbocycles. The number of amides is 3. The van der Waals surface area contributed by atoms with Crippen molar-refractivity contribution in [3.8, 4) is 0 Å². The molecule has 0 bridgehead atoms. The van der Waals surface area contributed by atoms with Gasteiger partial charge in [-0.1, -0.05) is 6.92 Å². The molecule has 1 fully saturated rings. The van der Waals surface area contributed by atoms with Crippen LogP contribution in [-0.2, 0) is 4.79 Å². The zero-order valence-corrected chi connectivity index (χ0v) is 11.7.